The highest BCUT2D eigenvalue weighted by molar-refractivity contribution is 5.94. The zero-order chi connectivity index (χ0) is 13.0. The topological polar surface area (TPSA) is 55.1 Å². The van der Waals surface area contributed by atoms with E-state index in [2.05, 4.69) is 5.32 Å². The second-order valence-corrected chi connectivity index (χ2v) is 4.92. The fourth-order valence-electron chi connectivity index (χ4n) is 1.43. The van der Waals surface area contributed by atoms with E-state index in [1.54, 1.807) is 0 Å². The maximum absolute atomic E-state index is 11.9. The van der Waals surface area contributed by atoms with Crippen molar-refractivity contribution in [3.05, 3.63) is 34.9 Å². The fraction of sp³-hybridized carbons (Fsp3) is 0.500. The third-order valence-electron chi connectivity index (χ3n) is 3.12. The van der Waals surface area contributed by atoms with Gasteiger partial charge in [-0.2, -0.15) is 0 Å². The normalized spacial score (nSPS) is 12.6. The zero-order valence-electron chi connectivity index (χ0n) is 11.1. The van der Waals surface area contributed by atoms with E-state index in [1.807, 2.05) is 45.9 Å². The van der Waals surface area contributed by atoms with Crippen LogP contribution in [0.15, 0.2) is 18.2 Å². The lowest BCUT2D eigenvalue weighted by molar-refractivity contribution is 0.0949. The van der Waals surface area contributed by atoms with Crippen LogP contribution in [0.4, 0.5) is 0 Å². The molecule has 17 heavy (non-hydrogen) atoms. The minimum atomic E-state index is -0.0517. The molecule has 0 saturated carbocycles. The van der Waals surface area contributed by atoms with Crippen molar-refractivity contribution in [1.82, 2.24) is 5.32 Å². The van der Waals surface area contributed by atoms with Crippen LogP contribution in [0.2, 0.25) is 0 Å². The Kier molecular flexibility index (Phi) is 4.70. The van der Waals surface area contributed by atoms with E-state index < -0.39 is 0 Å². The van der Waals surface area contributed by atoms with Gasteiger partial charge >= 0.3 is 0 Å². The standard InChI is InChI=1S/C14H22N2O/c1-9(2)13(15)8-16-14(17)12-6-5-10(3)11(4)7-12/h5-7,9,13H,8,15H2,1-4H3,(H,16,17). The van der Waals surface area contributed by atoms with E-state index in [4.69, 9.17) is 5.73 Å². The first-order valence-corrected chi connectivity index (χ1v) is 6.03. The molecule has 1 aromatic rings. The van der Waals surface area contributed by atoms with Crippen molar-refractivity contribution < 1.29 is 4.79 Å². The molecular formula is C14H22N2O. The van der Waals surface area contributed by atoms with Gasteiger partial charge in [0.25, 0.3) is 5.91 Å². The van der Waals surface area contributed by atoms with Gasteiger partial charge in [0.2, 0.25) is 0 Å². The van der Waals surface area contributed by atoms with E-state index in [1.165, 1.54) is 5.56 Å². The van der Waals surface area contributed by atoms with Gasteiger partial charge in [0.15, 0.2) is 0 Å². The molecule has 1 unspecified atom stereocenters. The van der Waals surface area contributed by atoms with Crippen LogP contribution in [0, 0.1) is 19.8 Å². The number of carbonyl (C=O) groups is 1. The van der Waals surface area contributed by atoms with E-state index in [-0.39, 0.29) is 11.9 Å². The Morgan fingerprint density at radius 2 is 1.94 bits per heavy atom. The summed E-state index contributed by atoms with van der Waals surface area (Å²) < 4.78 is 0. The number of aryl methyl sites for hydroxylation is 2. The van der Waals surface area contributed by atoms with Crippen molar-refractivity contribution >= 4 is 5.91 Å². The lowest BCUT2D eigenvalue weighted by Gasteiger charge is -2.16. The minimum Gasteiger partial charge on any atom is -0.350 e. The first-order chi connectivity index (χ1) is 7.91. The van der Waals surface area contributed by atoms with Crippen LogP contribution >= 0.6 is 0 Å². The Hall–Kier alpha value is -1.35. The highest BCUT2D eigenvalue weighted by atomic mass is 16.1. The van der Waals surface area contributed by atoms with E-state index >= 15 is 0 Å². The number of benzene rings is 1. The van der Waals surface area contributed by atoms with Crippen LogP contribution in [-0.2, 0) is 0 Å². The van der Waals surface area contributed by atoms with Crippen LogP contribution in [0.5, 0.6) is 0 Å². The molecular weight excluding hydrogens is 212 g/mol. The van der Waals surface area contributed by atoms with Gasteiger partial charge in [-0.3, -0.25) is 4.79 Å². The molecule has 3 heteroatoms. The molecule has 0 radical (unpaired) electrons. The van der Waals surface area contributed by atoms with Crippen LogP contribution < -0.4 is 11.1 Å². The quantitative estimate of drug-likeness (QED) is 0.837. The monoisotopic (exact) mass is 234 g/mol. The van der Waals surface area contributed by atoms with Crippen molar-refractivity contribution in [1.29, 1.82) is 0 Å². The third kappa shape index (κ3) is 3.86. The maximum atomic E-state index is 11.9. The molecule has 94 valence electrons. The molecule has 0 saturated heterocycles. The Labute approximate surface area is 103 Å². The summed E-state index contributed by atoms with van der Waals surface area (Å²) >= 11 is 0. The number of hydrogen-bond acceptors (Lipinski definition) is 2. The summed E-state index contributed by atoms with van der Waals surface area (Å²) in [6.07, 6.45) is 0. The van der Waals surface area contributed by atoms with Crippen LogP contribution in [0.3, 0.4) is 0 Å². The zero-order valence-corrected chi connectivity index (χ0v) is 11.1. The molecule has 1 aromatic carbocycles. The fourth-order valence-corrected chi connectivity index (χ4v) is 1.43. The SMILES string of the molecule is Cc1ccc(C(=O)NCC(N)C(C)C)cc1C. The van der Waals surface area contributed by atoms with Crippen molar-refractivity contribution in [2.24, 2.45) is 11.7 Å². The molecule has 3 N–H and O–H groups in total. The van der Waals surface area contributed by atoms with Gasteiger partial charge in [-0.1, -0.05) is 19.9 Å². The largest absolute Gasteiger partial charge is 0.350 e. The van der Waals surface area contributed by atoms with Gasteiger partial charge in [0, 0.05) is 18.2 Å². The Morgan fingerprint density at radius 1 is 1.29 bits per heavy atom. The summed E-state index contributed by atoms with van der Waals surface area (Å²) in [6.45, 7) is 8.65. The van der Waals surface area contributed by atoms with E-state index in [9.17, 15) is 4.79 Å². The number of rotatable bonds is 4. The summed E-state index contributed by atoms with van der Waals surface area (Å²) in [5, 5.41) is 2.86. The Balaban J connectivity index is 2.61. The molecule has 0 aliphatic rings. The number of nitrogens with two attached hydrogens (primary N) is 1. The van der Waals surface area contributed by atoms with Crippen molar-refractivity contribution in [2.45, 2.75) is 33.7 Å². The molecule has 1 amide bonds. The van der Waals surface area contributed by atoms with Crippen molar-refractivity contribution in [2.75, 3.05) is 6.54 Å². The van der Waals surface area contributed by atoms with Gasteiger partial charge in [0.05, 0.1) is 0 Å². The van der Waals surface area contributed by atoms with Crippen LogP contribution in [0.25, 0.3) is 0 Å². The minimum absolute atomic E-state index is 0.00509. The third-order valence-corrected chi connectivity index (χ3v) is 3.12. The van der Waals surface area contributed by atoms with E-state index in [0.717, 1.165) is 5.56 Å². The molecule has 1 rings (SSSR count). The number of carbonyl (C=O) groups excluding carboxylic acids is 1. The smallest absolute Gasteiger partial charge is 0.251 e. The van der Waals surface area contributed by atoms with Crippen molar-refractivity contribution in [3.8, 4) is 0 Å². The second-order valence-electron chi connectivity index (χ2n) is 4.92. The molecule has 0 heterocycles. The lowest BCUT2D eigenvalue weighted by Crippen LogP contribution is -2.40. The number of amides is 1. The molecule has 0 spiro atoms. The highest BCUT2D eigenvalue weighted by Gasteiger charge is 2.11. The summed E-state index contributed by atoms with van der Waals surface area (Å²) in [5.74, 6) is 0.319. The van der Waals surface area contributed by atoms with E-state index in [0.29, 0.717) is 18.0 Å². The second kappa shape index (κ2) is 5.82. The average Bonchev–Trinajstić information content (AvgIpc) is 2.28. The van der Waals surface area contributed by atoms with Gasteiger partial charge < -0.3 is 11.1 Å². The summed E-state index contributed by atoms with van der Waals surface area (Å²) in [5.41, 5.74) is 8.91. The average molecular weight is 234 g/mol. The van der Waals surface area contributed by atoms with Crippen LogP contribution in [0.1, 0.15) is 35.3 Å². The summed E-state index contributed by atoms with van der Waals surface area (Å²) in [6, 6.07) is 5.72. The molecule has 0 aromatic heterocycles. The highest BCUT2D eigenvalue weighted by Crippen LogP contribution is 2.09. The van der Waals surface area contributed by atoms with Gasteiger partial charge in [-0.05, 0) is 43.0 Å². The summed E-state index contributed by atoms with van der Waals surface area (Å²) in [7, 11) is 0. The van der Waals surface area contributed by atoms with Gasteiger partial charge in [0.1, 0.15) is 0 Å². The molecule has 0 fully saturated rings. The molecule has 0 bridgehead atoms. The number of nitrogens with one attached hydrogen (secondary N) is 1. The van der Waals surface area contributed by atoms with Crippen molar-refractivity contribution in [3.63, 3.8) is 0 Å². The number of hydrogen-bond donors (Lipinski definition) is 2. The Bertz CT molecular complexity index is 399. The molecule has 3 nitrogen and oxygen atoms in total. The first kappa shape index (κ1) is 13.7. The first-order valence-electron chi connectivity index (χ1n) is 6.03. The summed E-state index contributed by atoms with van der Waals surface area (Å²) in [4.78, 5) is 11.9. The van der Waals surface area contributed by atoms with Gasteiger partial charge in [-0.25, -0.2) is 0 Å². The maximum Gasteiger partial charge on any atom is 0.251 e. The predicted molar refractivity (Wildman–Crippen MR) is 71.1 cm³/mol. The molecule has 0 aliphatic carbocycles. The Morgan fingerprint density at radius 3 is 2.47 bits per heavy atom. The van der Waals surface area contributed by atoms with Gasteiger partial charge in [-0.15, -0.1) is 0 Å². The lowest BCUT2D eigenvalue weighted by atomic mass is 10.0. The molecule has 1 atom stereocenters. The predicted octanol–water partition coefficient (Wildman–Crippen LogP) is 2.02. The van der Waals surface area contributed by atoms with Crippen LogP contribution in [-0.4, -0.2) is 18.5 Å². The molecule has 0 aliphatic heterocycles.